The van der Waals surface area contributed by atoms with Gasteiger partial charge >= 0.3 is 11.9 Å². The lowest BCUT2D eigenvalue weighted by molar-refractivity contribution is -0.219. The number of aliphatic hydroxyl groups is 1. The van der Waals surface area contributed by atoms with Crippen molar-refractivity contribution < 1.29 is 29.7 Å². The number of piperidine rings is 1. The van der Waals surface area contributed by atoms with Gasteiger partial charge in [0, 0.05) is 6.42 Å². The number of carbonyl (C=O) groups is 3. The summed E-state index contributed by atoms with van der Waals surface area (Å²) in [6.45, 7) is 3.20. The zero-order valence-electron chi connectivity index (χ0n) is 10.3. The molecule has 1 heterocycles. The average molecular weight is 259 g/mol. The molecule has 0 aromatic rings. The van der Waals surface area contributed by atoms with E-state index in [-0.39, 0.29) is 31.6 Å². The van der Waals surface area contributed by atoms with Crippen LogP contribution >= 0.6 is 0 Å². The number of aliphatic carboxylic acids is 2. The molecule has 0 aromatic carbocycles. The Morgan fingerprint density at radius 2 is 1.89 bits per heavy atom. The lowest BCUT2D eigenvalue weighted by atomic mass is 9.75. The Labute approximate surface area is 104 Å². The lowest BCUT2D eigenvalue weighted by Crippen LogP contribution is -2.70. The molecule has 3 atom stereocenters. The van der Waals surface area contributed by atoms with E-state index in [2.05, 4.69) is 0 Å². The highest BCUT2D eigenvalue weighted by atomic mass is 16.4. The Morgan fingerprint density at radius 1 is 1.33 bits per heavy atom. The van der Waals surface area contributed by atoms with Crippen molar-refractivity contribution in [1.29, 1.82) is 0 Å². The van der Waals surface area contributed by atoms with Crippen LogP contribution < -0.4 is 0 Å². The quantitative estimate of drug-likeness (QED) is 0.606. The second-order valence-electron chi connectivity index (χ2n) is 4.80. The van der Waals surface area contributed by atoms with Gasteiger partial charge in [-0.3, -0.25) is 9.69 Å². The van der Waals surface area contributed by atoms with Crippen LogP contribution in [0.15, 0.2) is 0 Å². The Balaban J connectivity index is 3.38. The van der Waals surface area contributed by atoms with E-state index >= 15 is 0 Å². The number of hydrogen-bond donors (Lipinski definition) is 3. The number of carboxylic acid groups (broad SMARTS) is 2. The van der Waals surface area contributed by atoms with Gasteiger partial charge in [0.25, 0.3) is 0 Å². The van der Waals surface area contributed by atoms with Crippen LogP contribution in [0.25, 0.3) is 0 Å². The van der Waals surface area contributed by atoms with Gasteiger partial charge in [-0.05, 0) is 18.8 Å². The molecule has 7 heteroatoms. The normalized spacial score (nSPS) is 36.2. The van der Waals surface area contributed by atoms with Gasteiger partial charge in [-0.25, -0.2) is 9.59 Å². The third kappa shape index (κ3) is 1.84. The SMILES string of the molecule is CCC1(C(=O)O)CC(C)CC(O)(C(=O)O)N1C=O. The molecule has 102 valence electrons. The third-order valence-corrected chi connectivity index (χ3v) is 3.61. The maximum Gasteiger partial charge on any atom is 0.357 e. The van der Waals surface area contributed by atoms with Crippen LogP contribution in [-0.2, 0) is 14.4 Å². The summed E-state index contributed by atoms with van der Waals surface area (Å²) < 4.78 is 0. The van der Waals surface area contributed by atoms with Crippen LogP contribution in [-0.4, -0.2) is 49.8 Å². The van der Waals surface area contributed by atoms with E-state index in [1.54, 1.807) is 13.8 Å². The van der Waals surface area contributed by atoms with Gasteiger partial charge in [0.05, 0.1) is 0 Å². The molecule has 3 N–H and O–H groups in total. The van der Waals surface area contributed by atoms with E-state index in [0.717, 1.165) is 0 Å². The first kappa shape index (κ1) is 14.4. The van der Waals surface area contributed by atoms with E-state index in [4.69, 9.17) is 5.11 Å². The number of amides is 1. The molecule has 0 spiro atoms. The van der Waals surface area contributed by atoms with Crippen molar-refractivity contribution in [2.24, 2.45) is 5.92 Å². The van der Waals surface area contributed by atoms with E-state index in [1.165, 1.54) is 0 Å². The van der Waals surface area contributed by atoms with Crippen LogP contribution in [0.4, 0.5) is 0 Å². The first-order valence-corrected chi connectivity index (χ1v) is 5.68. The first-order chi connectivity index (χ1) is 8.24. The standard InChI is InChI=1S/C11H17NO6/c1-3-10(8(14)15)4-7(2)5-11(18,9(16)17)12(10)6-13/h6-7,18H,3-5H2,1-2H3,(H,14,15)(H,16,17). The van der Waals surface area contributed by atoms with E-state index < -0.39 is 23.2 Å². The topological polar surface area (TPSA) is 115 Å². The molecule has 0 aromatic heterocycles. The molecule has 1 rings (SSSR count). The zero-order chi connectivity index (χ0) is 14.1. The van der Waals surface area contributed by atoms with Crippen LogP contribution in [0.5, 0.6) is 0 Å². The van der Waals surface area contributed by atoms with Gasteiger partial charge in [-0.15, -0.1) is 0 Å². The first-order valence-electron chi connectivity index (χ1n) is 5.68. The van der Waals surface area contributed by atoms with Crippen LogP contribution in [0.2, 0.25) is 0 Å². The van der Waals surface area contributed by atoms with Crippen molar-refractivity contribution in [2.75, 3.05) is 0 Å². The molecule has 0 bridgehead atoms. The maximum atomic E-state index is 11.4. The van der Waals surface area contributed by atoms with Crippen molar-refractivity contribution in [2.45, 2.75) is 44.4 Å². The highest BCUT2D eigenvalue weighted by Gasteiger charge is 2.59. The predicted octanol–water partition coefficient (Wildman–Crippen LogP) is -0.119. The molecule has 1 saturated heterocycles. The largest absolute Gasteiger partial charge is 0.479 e. The van der Waals surface area contributed by atoms with E-state index in [9.17, 15) is 24.6 Å². The second-order valence-corrected chi connectivity index (χ2v) is 4.80. The molecule has 18 heavy (non-hydrogen) atoms. The van der Waals surface area contributed by atoms with Crippen molar-refractivity contribution in [3.63, 3.8) is 0 Å². The van der Waals surface area contributed by atoms with Gasteiger partial charge in [0.1, 0.15) is 5.54 Å². The Bertz CT molecular complexity index is 384. The van der Waals surface area contributed by atoms with Gasteiger partial charge in [0.2, 0.25) is 12.1 Å². The molecule has 3 unspecified atom stereocenters. The highest BCUT2D eigenvalue weighted by Crippen LogP contribution is 2.41. The van der Waals surface area contributed by atoms with Gasteiger partial charge in [-0.1, -0.05) is 13.8 Å². The zero-order valence-corrected chi connectivity index (χ0v) is 10.3. The summed E-state index contributed by atoms with van der Waals surface area (Å²) in [5.41, 5.74) is -4.14. The molecule has 1 fully saturated rings. The molecule has 0 aliphatic carbocycles. The fraction of sp³-hybridized carbons (Fsp3) is 0.727. The van der Waals surface area contributed by atoms with Gasteiger partial charge in [0.15, 0.2) is 0 Å². The number of nitrogens with zero attached hydrogens (tertiary/aromatic N) is 1. The average Bonchev–Trinajstić information content (AvgIpc) is 2.27. The molecule has 1 aliphatic heterocycles. The van der Waals surface area contributed by atoms with Crippen LogP contribution in [0, 0.1) is 5.92 Å². The molecular formula is C11H17NO6. The van der Waals surface area contributed by atoms with Gasteiger partial charge < -0.3 is 15.3 Å². The lowest BCUT2D eigenvalue weighted by Gasteiger charge is -2.51. The Kier molecular flexibility index (Phi) is 3.66. The summed E-state index contributed by atoms with van der Waals surface area (Å²) in [5.74, 6) is -3.23. The molecule has 7 nitrogen and oxygen atoms in total. The second kappa shape index (κ2) is 4.56. The highest BCUT2D eigenvalue weighted by molar-refractivity contribution is 5.87. The van der Waals surface area contributed by atoms with Crippen molar-refractivity contribution in [3.05, 3.63) is 0 Å². The smallest absolute Gasteiger partial charge is 0.357 e. The molecule has 0 radical (unpaired) electrons. The summed E-state index contributed by atoms with van der Waals surface area (Å²) in [5, 5.41) is 28.5. The minimum absolute atomic E-state index is 0.0288. The predicted molar refractivity (Wildman–Crippen MR) is 59.5 cm³/mol. The number of rotatable bonds is 4. The monoisotopic (exact) mass is 259 g/mol. The van der Waals surface area contributed by atoms with E-state index in [0.29, 0.717) is 4.90 Å². The molecule has 1 amide bonds. The third-order valence-electron chi connectivity index (χ3n) is 3.61. The van der Waals surface area contributed by atoms with Crippen LogP contribution in [0.1, 0.15) is 33.1 Å². The maximum absolute atomic E-state index is 11.4. The Morgan fingerprint density at radius 3 is 2.22 bits per heavy atom. The number of carboxylic acids is 2. The Hall–Kier alpha value is -1.63. The summed E-state index contributed by atoms with van der Waals surface area (Å²) in [6, 6.07) is 0. The summed E-state index contributed by atoms with van der Waals surface area (Å²) >= 11 is 0. The summed E-state index contributed by atoms with van der Waals surface area (Å²) in [6.07, 6.45) is 0.0713. The molecular weight excluding hydrogens is 242 g/mol. The molecule has 0 saturated carbocycles. The fourth-order valence-electron chi connectivity index (χ4n) is 2.72. The summed E-state index contributed by atoms with van der Waals surface area (Å²) in [4.78, 5) is 34.2. The summed E-state index contributed by atoms with van der Waals surface area (Å²) in [7, 11) is 0. The van der Waals surface area contributed by atoms with Crippen molar-refractivity contribution in [1.82, 2.24) is 4.90 Å². The number of likely N-dealkylation sites (tertiary alicyclic amines) is 1. The fourth-order valence-corrected chi connectivity index (χ4v) is 2.72. The number of hydrogen-bond acceptors (Lipinski definition) is 4. The van der Waals surface area contributed by atoms with Crippen molar-refractivity contribution in [3.8, 4) is 0 Å². The van der Waals surface area contributed by atoms with Gasteiger partial charge in [-0.2, -0.15) is 0 Å². The van der Waals surface area contributed by atoms with Crippen LogP contribution in [0.3, 0.4) is 0 Å². The minimum atomic E-state index is -2.46. The van der Waals surface area contributed by atoms with E-state index in [1.807, 2.05) is 0 Å². The number of carbonyl (C=O) groups excluding carboxylic acids is 1. The minimum Gasteiger partial charge on any atom is -0.479 e. The van der Waals surface area contributed by atoms with Crippen molar-refractivity contribution >= 4 is 18.3 Å². The molecule has 1 aliphatic rings.